The van der Waals surface area contributed by atoms with Crippen molar-refractivity contribution in [1.29, 1.82) is 0 Å². The van der Waals surface area contributed by atoms with E-state index in [0.717, 1.165) is 26.1 Å². The van der Waals surface area contributed by atoms with E-state index in [9.17, 15) is 31.9 Å². The summed E-state index contributed by atoms with van der Waals surface area (Å²) in [5.41, 5.74) is -6.02. The average molecular weight is 455 g/mol. The zero-order valence-electron chi connectivity index (χ0n) is 15.4. The number of carbonyl (C=O) groups is 1. The largest absolute Gasteiger partial charge is 0.478 e. The Morgan fingerprint density at radius 2 is 2.00 bits per heavy atom. The van der Waals surface area contributed by atoms with Gasteiger partial charge in [-0.15, -0.1) is 0 Å². The minimum atomic E-state index is -5.11. The van der Waals surface area contributed by atoms with E-state index in [-0.39, 0.29) is 25.9 Å². The molecular formula is C16H15ClF4N4O5. The topological polar surface area (TPSA) is 129 Å². The van der Waals surface area contributed by atoms with Crippen molar-refractivity contribution >= 4 is 29.5 Å². The summed E-state index contributed by atoms with van der Waals surface area (Å²) in [5.74, 6) is 2.61. The van der Waals surface area contributed by atoms with Crippen molar-refractivity contribution in [1.82, 2.24) is 9.24 Å². The molecule has 1 unspecified atom stereocenters. The Morgan fingerprint density at radius 3 is 2.43 bits per heavy atom. The predicted molar refractivity (Wildman–Crippen MR) is 99.9 cm³/mol. The summed E-state index contributed by atoms with van der Waals surface area (Å²) >= 11 is 5.74. The third kappa shape index (κ3) is 5.83. The van der Waals surface area contributed by atoms with Gasteiger partial charge in [0.2, 0.25) is 6.10 Å². The first kappa shape index (κ1) is 24.7. The maximum absolute atomic E-state index is 14.1. The fourth-order valence-electron chi connectivity index (χ4n) is 1.87. The van der Waals surface area contributed by atoms with Crippen molar-refractivity contribution in [3.63, 3.8) is 0 Å². The molecule has 9 nitrogen and oxygen atoms in total. The molecule has 0 saturated heterocycles. The number of carboxylic acids is 1. The summed E-state index contributed by atoms with van der Waals surface area (Å²) in [6.07, 6.45) is -4.91. The van der Waals surface area contributed by atoms with Crippen LogP contribution < -0.4 is 17.1 Å². The van der Waals surface area contributed by atoms with Gasteiger partial charge in [0.05, 0.1) is 11.9 Å². The zero-order chi connectivity index (χ0) is 23.4. The molecule has 1 rings (SSSR count). The summed E-state index contributed by atoms with van der Waals surface area (Å²) in [4.78, 5) is 39.6. The molecule has 0 aliphatic heterocycles. The minimum absolute atomic E-state index is 0.0130. The number of nitrogens with two attached hydrogens (primary N) is 1. The lowest BCUT2D eigenvalue weighted by Crippen LogP contribution is -2.45. The molecule has 164 valence electrons. The summed E-state index contributed by atoms with van der Waals surface area (Å²) in [6.45, 7) is 5.31. The molecule has 30 heavy (non-hydrogen) atoms. The van der Waals surface area contributed by atoms with E-state index in [1.165, 1.54) is 0 Å². The number of oxime groups is 1. The second-order valence-electron chi connectivity index (χ2n) is 5.60. The van der Waals surface area contributed by atoms with Crippen LogP contribution in [0.4, 0.5) is 17.6 Å². The molecule has 0 radical (unpaired) electrons. The van der Waals surface area contributed by atoms with Crippen LogP contribution in [0.2, 0.25) is 0 Å². The van der Waals surface area contributed by atoms with Gasteiger partial charge < -0.3 is 15.8 Å². The van der Waals surface area contributed by atoms with Crippen LogP contribution in [0.5, 0.6) is 0 Å². The van der Waals surface area contributed by atoms with E-state index in [1.54, 1.807) is 0 Å². The van der Waals surface area contributed by atoms with Crippen LogP contribution in [-0.2, 0) is 15.8 Å². The Labute approximate surface area is 170 Å². The number of alkyl halides is 3. The van der Waals surface area contributed by atoms with Gasteiger partial charge >= 0.3 is 17.8 Å². The Bertz CT molecular complexity index is 1060. The van der Waals surface area contributed by atoms with Crippen molar-refractivity contribution in [2.45, 2.75) is 26.1 Å². The number of nitrogen functional groups attached to an aromatic ring is 1. The number of hydrogen-bond acceptors (Lipinski definition) is 6. The van der Waals surface area contributed by atoms with Crippen molar-refractivity contribution in [3.8, 4) is 0 Å². The van der Waals surface area contributed by atoms with E-state index in [1.807, 2.05) is 0 Å². The number of carboxylic acid groups (broad SMARTS) is 1. The van der Waals surface area contributed by atoms with Gasteiger partial charge in [-0.2, -0.15) is 13.2 Å². The van der Waals surface area contributed by atoms with Gasteiger partial charge in [-0.1, -0.05) is 23.3 Å². The van der Waals surface area contributed by atoms with E-state index >= 15 is 0 Å². The fraction of sp³-hybridized carbons (Fsp3) is 0.250. The van der Waals surface area contributed by atoms with Crippen molar-refractivity contribution in [2.75, 3.05) is 5.84 Å². The van der Waals surface area contributed by atoms with Crippen LogP contribution in [-0.4, -0.2) is 32.6 Å². The van der Waals surface area contributed by atoms with Crippen molar-refractivity contribution in [3.05, 3.63) is 61.7 Å². The molecule has 0 aliphatic carbocycles. The zero-order valence-corrected chi connectivity index (χ0v) is 16.2. The van der Waals surface area contributed by atoms with Crippen LogP contribution in [0.15, 0.2) is 49.9 Å². The maximum atomic E-state index is 14.1. The Balaban J connectivity index is 3.62. The molecule has 0 saturated carbocycles. The second-order valence-corrected chi connectivity index (χ2v) is 6.05. The Morgan fingerprint density at radius 1 is 1.43 bits per heavy atom. The summed E-state index contributed by atoms with van der Waals surface area (Å²) in [5, 5.41) is 11.7. The van der Waals surface area contributed by atoms with Crippen LogP contribution in [0, 0.1) is 0 Å². The quantitative estimate of drug-likeness (QED) is 0.213. The van der Waals surface area contributed by atoms with Crippen LogP contribution in [0.3, 0.4) is 0 Å². The number of nitrogens with zero attached hydrogens (tertiary/aromatic N) is 3. The smallest absolute Gasteiger partial charge is 0.433 e. The first-order chi connectivity index (χ1) is 13.7. The number of hydrogen-bond donors (Lipinski definition) is 2. The predicted octanol–water partition coefficient (Wildman–Crippen LogP) is 2.05. The highest BCUT2D eigenvalue weighted by atomic mass is 35.5. The van der Waals surface area contributed by atoms with Crippen LogP contribution >= 0.6 is 11.6 Å². The lowest BCUT2D eigenvalue weighted by Gasteiger charge is -2.14. The lowest BCUT2D eigenvalue weighted by atomic mass is 10.2. The molecule has 0 bridgehead atoms. The molecular weight excluding hydrogens is 440 g/mol. The van der Waals surface area contributed by atoms with Crippen molar-refractivity contribution in [2.24, 2.45) is 5.16 Å². The third-order valence-electron chi connectivity index (χ3n) is 3.39. The molecule has 1 atom stereocenters. The van der Waals surface area contributed by atoms with Gasteiger partial charge in [-0.05, 0) is 19.9 Å². The molecule has 3 N–H and O–H groups in total. The van der Waals surface area contributed by atoms with Gasteiger partial charge in [0.25, 0.3) is 5.56 Å². The fourth-order valence-corrected chi connectivity index (χ4v) is 1.97. The molecule has 0 fully saturated rings. The lowest BCUT2D eigenvalue weighted by molar-refractivity contribution is -0.149. The number of allylic oxidation sites excluding steroid dienone is 5. The first-order valence-electron chi connectivity index (χ1n) is 7.75. The first-order valence-corrected chi connectivity index (χ1v) is 8.12. The van der Waals surface area contributed by atoms with E-state index in [0.29, 0.717) is 0 Å². The van der Waals surface area contributed by atoms with E-state index in [2.05, 4.69) is 16.6 Å². The molecule has 0 aliphatic rings. The van der Waals surface area contributed by atoms with Gasteiger partial charge in [0.15, 0.2) is 5.69 Å². The molecule has 0 aromatic carbocycles. The molecule has 1 aromatic rings. The highest BCUT2D eigenvalue weighted by molar-refractivity contribution is 6.34. The normalized spacial score (nSPS) is 14.4. The number of halogens is 5. The Kier molecular flexibility index (Phi) is 7.76. The summed E-state index contributed by atoms with van der Waals surface area (Å²) in [6, 6.07) is 0.0130. The van der Waals surface area contributed by atoms with Gasteiger partial charge in [-0.3, -0.25) is 4.79 Å². The molecule has 14 heteroatoms. The maximum Gasteiger partial charge on any atom is 0.433 e. The highest BCUT2D eigenvalue weighted by Crippen LogP contribution is 2.26. The van der Waals surface area contributed by atoms with Crippen LogP contribution in [0.25, 0.3) is 5.70 Å². The molecule has 1 aromatic heterocycles. The van der Waals surface area contributed by atoms with Gasteiger partial charge in [0, 0.05) is 16.7 Å². The second kappa shape index (κ2) is 9.43. The minimum Gasteiger partial charge on any atom is -0.478 e. The van der Waals surface area contributed by atoms with E-state index in [4.69, 9.17) is 22.6 Å². The summed E-state index contributed by atoms with van der Waals surface area (Å²) in [7, 11) is 0. The number of rotatable bonds is 7. The van der Waals surface area contributed by atoms with Gasteiger partial charge in [0.1, 0.15) is 5.83 Å². The SMILES string of the molecule is C=C(Cl)C(=C\C(=C(/C)F)n1c(=O)cc(C(F)(F)F)n(N)c1=O)/C=N/OC(C)C(=O)O. The van der Waals surface area contributed by atoms with Gasteiger partial charge in [-0.25, -0.2) is 23.2 Å². The van der Waals surface area contributed by atoms with Crippen LogP contribution in [0.1, 0.15) is 19.5 Å². The average Bonchev–Trinajstić information content (AvgIpc) is 2.60. The summed E-state index contributed by atoms with van der Waals surface area (Å²) < 4.78 is 52.4. The Hall–Kier alpha value is -3.35. The molecule has 0 amide bonds. The highest BCUT2D eigenvalue weighted by Gasteiger charge is 2.36. The van der Waals surface area contributed by atoms with E-state index < -0.39 is 46.7 Å². The third-order valence-corrected chi connectivity index (χ3v) is 3.60. The van der Waals surface area contributed by atoms with Crippen molar-refractivity contribution < 1.29 is 32.3 Å². The monoisotopic (exact) mass is 454 g/mol. The number of aliphatic carboxylic acids is 1. The molecule has 1 heterocycles. The number of aromatic nitrogens is 2. The molecule has 0 spiro atoms. The standard InChI is InChI=1S/C16H15ClF4N4O5/c1-7(17)10(6-23-30-9(3)14(27)28)4-11(8(2)18)24-13(26)5-12(16(19,20)21)25(22)15(24)29/h4-6,9H,1,22H2,2-3H3,(H,27,28)/b10-4-,11-8-,23-6+.